The number of aryl methyl sites for hydroxylation is 1. The van der Waals surface area contributed by atoms with E-state index < -0.39 is 0 Å². The Morgan fingerprint density at radius 3 is 2.89 bits per heavy atom. The highest BCUT2D eigenvalue weighted by molar-refractivity contribution is 5.11. The second-order valence-electron chi connectivity index (χ2n) is 4.52. The third kappa shape index (κ3) is 3.86. The van der Waals surface area contributed by atoms with Crippen LogP contribution in [0.2, 0.25) is 0 Å². The van der Waals surface area contributed by atoms with Crippen molar-refractivity contribution in [2.24, 2.45) is 0 Å². The largest absolute Gasteiger partial charge is 0.313 e. The molecule has 0 saturated carbocycles. The third-order valence-corrected chi connectivity index (χ3v) is 3.12. The highest BCUT2D eigenvalue weighted by atomic mass is 15.3. The molecular weight excluding hydrogens is 238 g/mol. The van der Waals surface area contributed by atoms with Crippen LogP contribution < -0.4 is 5.32 Å². The standard InChI is InChI=1S/C14H21N5/c1-3-16-13(8-12-6-5-7-15-10-12)9-14-17-11-18-19(14)4-2/h5-7,10-11,13,16H,3-4,8-9H2,1-2H3. The Balaban J connectivity index is 2.04. The van der Waals surface area contributed by atoms with Crippen molar-refractivity contribution in [1.82, 2.24) is 25.1 Å². The number of pyridine rings is 1. The first-order chi connectivity index (χ1) is 9.33. The van der Waals surface area contributed by atoms with Crippen LogP contribution in [0.1, 0.15) is 25.2 Å². The minimum atomic E-state index is 0.365. The number of hydrogen-bond donors (Lipinski definition) is 1. The van der Waals surface area contributed by atoms with Crippen LogP contribution in [-0.2, 0) is 19.4 Å². The first-order valence-corrected chi connectivity index (χ1v) is 6.82. The van der Waals surface area contributed by atoms with Gasteiger partial charge in [0, 0.05) is 31.4 Å². The van der Waals surface area contributed by atoms with Crippen molar-refractivity contribution in [3.8, 4) is 0 Å². The molecule has 1 atom stereocenters. The molecule has 5 nitrogen and oxygen atoms in total. The van der Waals surface area contributed by atoms with Crippen LogP contribution >= 0.6 is 0 Å². The summed E-state index contributed by atoms with van der Waals surface area (Å²) >= 11 is 0. The third-order valence-electron chi connectivity index (χ3n) is 3.12. The van der Waals surface area contributed by atoms with Crippen LogP contribution in [0.4, 0.5) is 0 Å². The zero-order valence-electron chi connectivity index (χ0n) is 11.6. The van der Waals surface area contributed by atoms with E-state index in [1.165, 1.54) is 5.56 Å². The SMILES string of the molecule is CCNC(Cc1cccnc1)Cc1ncnn1CC. The Labute approximate surface area is 114 Å². The van der Waals surface area contributed by atoms with Gasteiger partial charge in [-0.1, -0.05) is 13.0 Å². The number of nitrogens with one attached hydrogen (secondary N) is 1. The fourth-order valence-corrected chi connectivity index (χ4v) is 2.24. The summed E-state index contributed by atoms with van der Waals surface area (Å²) in [6.07, 6.45) is 7.20. The minimum Gasteiger partial charge on any atom is -0.313 e. The molecular formula is C14H21N5. The predicted molar refractivity (Wildman–Crippen MR) is 74.8 cm³/mol. The van der Waals surface area contributed by atoms with Crippen molar-refractivity contribution in [3.63, 3.8) is 0 Å². The van der Waals surface area contributed by atoms with Gasteiger partial charge in [-0.05, 0) is 31.5 Å². The second kappa shape index (κ2) is 6.99. The Morgan fingerprint density at radius 2 is 2.21 bits per heavy atom. The molecule has 0 radical (unpaired) electrons. The first kappa shape index (κ1) is 13.7. The lowest BCUT2D eigenvalue weighted by Crippen LogP contribution is -2.34. The van der Waals surface area contributed by atoms with Crippen LogP contribution in [-0.4, -0.2) is 32.3 Å². The molecule has 0 spiro atoms. The summed E-state index contributed by atoms with van der Waals surface area (Å²) in [4.78, 5) is 8.51. The molecule has 2 rings (SSSR count). The molecule has 0 amide bonds. The molecule has 0 aliphatic heterocycles. The van der Waals surface area contributed by atoms with Crippen LogP contribution in [0.25, 0.3) is 0 Å². The van der Waals surface area contributed by atoms with Crippen LogP contribution in [0.15, 0.2) is 30.9 Å². The van der Waals surface area contributed by atoms with Crippen molar-refractivity contribution < 1.29 is 0 Å². The molecule has 0 aliphatic carbocycles. The van der Waals surface area contributed by atoms with Crippen molar-refractivity contribution in [1.29, 1.82) is 0 Å². The number of rotatable bonds is 7. The van der Waals surface area contributed by atoms with Crippen LogP contribution in [0.5, 0.6) is 0 Å². The minimum absolute atomic E-state index is 0.365. The highest BCUT2D eigenvalue weighted by Crippen LogP contribution is 2.07. The van der Waals surface area contributed by atoms with Gasteiger partial charge in [0.05, 0.1) is 0 Å². The van der Waals surface area contributed by atoms with Gasteiger partial charge in [-0.15, -0.1) is 0 Å². The molecule has 0 saturated heterocycles. The fourth-order valence-electron chi connectivity index (χ4n) is 2.24. The van der Waals surface area contributed by atoms with E-state index in [1.807, 2.05) is 16.9 Å². The average molecular weight is 259 g/mol. The molecule has 0 aliphatic rings. The van der Waals surface area contributed by atoms with Gasteiger partial charge in [-0.2, -0.15) is 5.10 Å². The topological polar surface area (TPSA) is 55.6 Å². The number of hydrogen-bond acceptors (Lipinski definition) is 4. The maximum atomic E-state index is 4.35. The molecule has 1 N–H and O–H groups in total. The molecule has 1 unspecified atom stereocenters. The molecule has 5 heteroatoms. The number of likely N-dealkylation sites (N-methyl/N-ethyl adjacent to an activating group) is 1. The van der Waals surface area contributed by atoms with Gasteiger partial charge in [-0.25, -0.2) is 4.98 Å². The lowest BCUT2D eigenvalue weighted by atomic mass is 10.0. The van der Waals surface area contributed by atoms with E-state index in [0.717, 1.165) is 31.8 Å². The van der Waals surface area contributed by atoms with Crippen molar-refractivity contribution in [3.05, 3.63) is 42.2 Å². The Hall–Kier alpha value is -1.75. The Morgan fingerprint density at radius 1 is 1.32 bits per heavy atom. The molecule has 0 fully saturated rings. The van der Waals surface area contributed by atoms with E-state index in [2.05, 4.69) is 40.3 Å². The lowest BCUT2D eigenvalue weighted by molar-refractivity contribution is 0.489. The van der Waals surface area contributed by atoms with Gasteiger partial charge >= 0.3 is 0 Å². The van der Waals surface area contributed by atoms with E-state index in [0.29, 0.717) is 6.04 Å². The zero-order chi connectivity index (χ0) is 13.5. The van der Waals surface area contributed by atoms with Gasteiger partial charge in [0.2, 0.25) is 0 Å². The summed E-state index contributed by atoms with van der Waals surface area (Å²) in [7, 11) is 0. The summed E-state index contributed by atoms with van der Waals surface area (Å²) < 4.78 is 1.95. The zero-order valence-corrected chi connectivity index (χ0v) is 11.6. The number of nitrogens with zero attached hydrogens (tertiary/aromatic N) is 4. The van der Waals surface area contributed by atoms with Gasteiger partial charge < -0.3 is 5.32 Å². The smallest absolute Gasteiger partial charge is 0.138 e. The van der Waals surface area contributed by atoms with Crippen molar-refractivity contribution in [2.45, 2.75) is 39.3 Å². The Kier molecular flexibility index (Phi) is 5.03. The molecule has 102 valence electrons. The summed E-state index contributed by atoms with van der Waals surface area (Å²) in [5, 5.41) is 7.73. The molecule has 19 heavy (non-hydrogen) atoms. The monoisotopic (exact) mass is 259 g/mol. The molecule has 0 bridgehead atoms. The van der Waals surface area contributed by atoms with E-state index in [4.69, 9.17) is 0 Å². The average Bonchev–Trinajstić information content (AvgIpc) is 2.87. The summed E-state index contributed by atoms with van der Waals surface area (Å²) in [5.41, 5.74) is 1.25. The fraction of sp³-hybridized carbons (Fsp3) is 0.500. The normalized spacial score (nSPS) is 12.5. The van der Waals surface area contributed by atoms with Crippen LogP contribution in [0.3, 0.4) is 0 Å². The maximum Gasteiger partial charge on any atom is 0.138 e. The summed E-state index contributed by atoms with van der Waals surface area (Å²) in [5.74, 6) is 1.04. The predicted octanol–water partition coefficient (Wildman–Crippen LogP) is 1.46. The van der Waals surface area contributed by atoms with E-state index in [1.54, 1.807) is 12.5 Å². The van der Waals surface area contributed by atoms with E-state index >= 15 is 0 Å². The molecule has 2 heterocycles. The molecule has 0 aromatic carbocycles. The summed E-state index contributed by atoms with van der Waals surface area (Å²) in [6, 6.07) is 4.46. The highest BCUT2D eigenvalue weighted by Gasteiger charge is 2.13. The van der Waals surface area contributed by atoms with Gasteiger partial charge in [0.25, 0.3) is 0 Å². The van der Waals surface area contributed by atoms with Crippen molar-refractivity contribution >= 4 is 0 Å². The molecule has 2 aromatic heterocycles. The molecule has 2 aromatic rings. The second-order valence-corrected chi connectivity index (χ2v) is 4.52. The first-order valence-electron chi connectivity index (χ1n) is 6.82. The van der Waals surface area contributed by atoms with Gasteiger partial charge in [0.1, 0.15) is 12.2 Å². The quantitative estimate of drug-likeness (QED) is 0.818. The lowest BCUT2D eigenvalue weighted by Gasteiger charge is -2.17. The summed E-state index contributed by atoms with van der Waals surface area (Å²) in [6.45, 7) is 6.02. The van der Waals surface area contributed by atoms with Gasteiger partial charge in [-0.3, -0.25) is 9.67 Å². The van der Waals surface area contributed by atoms with Crippen molar-refractivity contribution in [2.75, 3.05) is 6.54 Å². The van der Waals surface area contributed by atoms with Gasteiger partial charge in [0.15, 0.2) is 0 Å². The Bertz CT molecular complexity index is 480. The maximum absolute atomic E-state index is 4.35. The number of aromatic nitrogens is 4. The van der Waals surface area contributed by atoms with Crippen LogP contribution in [0, 0.1) is 0 Å². The van der Waals surface area contributed by atoms with E-state index in [-0.39, 0.29) is 0 Å². The van der Waals surface area contributed by atoms with E-state index in [9.17, 15) is 0 Å².